The molecule has 1 aliphatic rings. The Kier molecular flexibility index (Phi) is 2.02. The molecule has 1 aromatic rings. The molecule has 0 saturated heterocycles. The highest BCUT2D eigenvalue weighted by Gasteiger charge is 2.31. The van der Waals surface area contributed by atoms with Gasteiger partial charge in [0, 0.05) is 12.1 Å². The van der Waals surface area contributed by atoms with Crippen LogP contribution in [0.15, 0.2) is 36.4 Å². The zero-order chi connectivity index (χ0) is 10.1. The van der Waals surface area contributed by atoms with Crippen LogP contribution in [0, 0.1) is 6.92 Å². The molecule has 3 heteroatoms. The number of aryl methyl sites for hydroxylation is 1. The molecule has 0 radical (unpaired) electrons. The highest BCUT2D eigenvalue weighted by molar-refractivity contribution is 6.03. The van der Waals surface area contributed by atoms with Crippen LogP contribution in [-0.4, -0.2) is 11.8 Å². The molecule has 0 bridgehead atoms. The first-order valence-corrected chi connectivity index (χ1v) is 4.39. The standard InChI is InChI=1S/C11H9NO2/c1-8-2-4-9(5-3-8)12-10(13)6-7-11(12)14/h2-7H,1H3/p+1. The van der Waals surface area contributed by atoms with E-state index >= 15 is 0 Å². The van der Waals surface area contributed by atoms with Crippen molar-refractivity contribution in [3.63, 3.8) is 0 Å². The topological polar surface area (TPSA) is 38.6 Å². The van der Waals surface area contributed by atoms with E-state index in [0.29, 0.717) is 5.69 Å². The van der Waals surface area contributed by atoms with Crippen LogP contribution in [0.2, 0.25) is 0 Å². The Morgan fingerprint density at radius 1 is 0.929 bits per heavy atom. The van der Waals surface area contributed by atoms with Crippen LogP contribution < -0.4 is 4.90 Å². The summed E-state index contributed by atoms with van der Waals surface area (Å²) < 4.78 is 0. The Labute approximate surface area is 81.6 Å². The normalized spacial score (nSPS) is 16.6. The molecule has 1 N–H and O–H groups in total. The number of imide groups is 1. The molecule has 0 aromatic heterocycles. The predicted molar refractivity (Wildman–Crippen MR) is 51.0 cm³/mol. The molecule has 70 valence electrons. The Hall–Kier alpha value is -1.74. The Morgan fingerprint density at radius 3 is 1.93 bits per heavy atom. The highest BCUT2D eigenvalue weighted by Crippen LogP contribution is 2.05. The first-order chi connectivity index (χ1) is 6.68. The Bertz CT molecular complexity index is 399. The number of carbonyl (C=O) groups excluding carboxylic acids is 2. The average Bonchev–Trinajstić information content (AvgIpc) is 2.49. The van der Waals surface area contributed by atoms with Crippen molar-refractivity contribution in [2.75, 3.05) is 0 Å². The number of amides is 2. The number of benzene rings is 1. The van der Waals surface area contributed by atoms with Gasteiger partial charge in [-0.1, -0.05) is 17.7 Å². The lowest BCUT2D eigenvalue weighted by molar-refractivity contribution is -0.654. The van der Waals surface area contributed by atoms with Gasteiger partial charge in [-0.2, -0.15) is 4.90 Å². The van der Waals surface area contributed by atoms with E-state index in [2.05, 4.69) is 0 Å². The number of rotatable bonds is 1. The first kappa shape index (κ1) is 8.84. The van der Waals surface area contributed by atoms with Crippen molar-refractivity contribution in [2.24, 2.45) is 0 Å². The lowest BCUT2D eigenvalue weighted by Crippen LogP contribution is -3.10. The molecule has 0 unspecified atom stereocenters. The van der Waals surface area contributed by atoms with Crippen molar-refractivity contribution in [2.45, 2.75) is 6.92 Å². The summed E-state index contributed by atoms with van der Waals surface area (Å²) in [6.07, 6.45) is 2.63. The van der Waals surface area contributed by atoms with E-state index in [1.807, 2.05) is 19.1 Å². The van der Waals surface area contributed by atoms with Crippen molar-refractivity contribution in [1.82, 2.24) is 0 Å². The van der Waals surface area contributed by atoms with Crippen LogP contribution in [0.25, 0.3) is 0 Å². The summed E-state index contributed by atoms with van der Waals surface area (Å²) in [6.45, 7) is 1.96. The molecule has 0 aliphatic carbocycles. The minimum absolute atomic E-state index is 0.196. The third-order valence-electron chi connectivity index (χ3n) is 2.22. The van der Waals surface area contributed by atoms with Gasteiger partial charge in [0.15, 0.2) is 0 Å². The van der Waals surface area contributed by atoms with Crippen LogP contribution >= 0.6 is 0 Å². The number of hydrogen-bond acceptors (Lipinski definition) is 2. The summed E-state index contributed by atoms with van der Waals surface area (Å²) in [7, 11) is 0. The van der Waals surface area contributed by atoms with Gasteiger partial charge in [0.05, 0.1) is 12.2 Å². The number of nitrogens with one attached hydrogen (secondary N) is 1. The van der Waals surface area contributed by atoms with E-state index in [4.69, 9.17) is 0 Å². The molecule has 2 rings (SSSR count). The maximum Gasteiger partial charge on any atom is 0.350 e. The minimum Gasteiger partial charge on any atom is -0.225 e. The molecule has 0 spiro atoms. The van der Waals surface area contributed by atoms with Gasteiger partial charge in [0.1, 0.15) is 5.69 Å². The minimum atomic E-state index is -0.196. The second-order valence-corrected chi connectivity index (χ2v) is 3.30. The molecular formula is C11H10NO2+. The zero-order valence-corrected chi connectivity index (χ0v) is 7.78. The fourth-order valence-corrected chi connectivity index (χ4v) is 1.44. The lowest BCUT2D eigenvalue weighted by atomic mass is 10.2. The van der Waals surface area contributed by atoms with Gasteiger partial charge < -0.3 is 0 Å². The van der Waals surface area contributed by atoms with Crippen molar-refractivity contribution in [3.05, 3.63) is 42.0 Å². The van der Waals surface area contributed by atoms with Gasteiger partial charge in [-0.3, -0.25) is 0 Å². The maximum atomic E-state index is 11.3. The quantitative estimate of drug-likeness (QED) is 0.636. The molecule has 0 fully saturated rings. The van der Waals surface area contributed by atoms with Crippen LogP contribution in [0.3, 0.4) is 0 Å². The Morgan fingerprint density at radius 2 is 1.43 bits per heavy atom. The fraction of sp³-hybridized carbons (Fsp3) is 0.0909. The van der Waals surface area contributed by atoms with E-state index in [1.165, 1.54) is 12.2 Å². The summed E-state index contributed by atoms with van der Waals surface area (Å²) in [4.78, 5) is 22.9. The molecule has 0 atom stereocenters. The molecular weight excluding hydrogens is 178 g/mol. The van der Waals surface area contributed by atoms with Crippen LogP contribution in [0.1, 0.15) is 5.56 Å². The summed E-state index contributed by atoms with van der Waals surface area (Å²) in [5.74, 6) is -0.391. The van der Waals surface area contributed by atoms with E-state index in [0.717, 1.165) is 5.56 Å². The van der Waals surface area contributed by atoms with Gasteiger partial charge in [-0.25, -0.2) is 9.59 Å². The smallest absolute Gasteiger partial charge is 0.225 e. The van der Waals surface area contributed by atoms with Gasteiger partial charge in [-0.05, 0) is 6.92 Å². The van der Waals surface area contributed by atoms with Crippen molar-refractivity contribution >= 4 is 17.5 Å². The lowest BCUT2D eigenvalue weighted by Gasteiger charge is -2.06. The largest absolute Gasteiger partial charge is 0.350 e. The molecule has 0 saturated carbocycles. The summed E-state index contributed by atoms with van der Waals surface area (Å²) in [6, 6.07) is 7.38. The predicted octanol–water partition coefficient (Wildman–Crippen LogP) is 0.134. The zero-order valence-electron chi connectivity index (χ0n) is 7.78. The van der Waals surface area contributed by atoms with E-state index in [9.17, 15) is 9.59 Å². The monoisotopic (exact) mass is 188 g/mol. The third-order valence-corrected chi connectivity index (χ3v) is 2.22. The molecule has 1 aliphatic heterocycles. The van der Waals surface area contributed by atoms with Crippen LogP contribution in [0.4, 0.5) is 5.69 Å². The van der Waals surface area contributed by atoms with E-state index in [-0.39, 0.29) is 16.7 Å². The molecule has 14 heavy (non-hydrogen) atoms. The van der Waals surface area contributed by atoms with Crippen molar-refractivity contribution < 1.29 is 14.5 Å². The molecule has 3 nitrogen and oxygen atoms in total. The number of hydrogen-bond donors (Lipinski definition) is 1. The van der Waals surface area contributed by atoms with E-state index in [1.54, 1.807) is 12.1 Å². The second kappa shape index (κ2) is 3.20. The van der Waals surface area contributed by atoms with Gasteiger partial charge in [-0.15, -0.1) is 0 Å². The molecule has 2 amide bonds. The van der Waals surface area contributed by atoms with Gasteiger partial charge in [0.25, 0.3) is 0 Å². The Balaban J connectivity index is 2.36. The summed E-state index contributed by atoms with van der Waals surface area (Å²) in [5, 5.41) is 0. The van der Waals surface area contributed by atoms with Crippen molar-refractivity contribution in [3.8, 4) is 0 Å². The van der Waals surface area contributed by atoms with Gasteiger partial charge >= 0.3 is 11.8 Å². The molecule has 1 heterocycles. The first-order valence-electron chi connectivity index (χ1n) is 4.39. The summed E-state index contributed by atoms with van der Waals surface area (Å²) >= 11 is 0. The fourth-order valence-electron chi connectivity index (χ4n) is 1.44. The third kappa shape index (κ3) is 1.38. The van der Waals surface area contributed by atoms with Crippen LogP contribution in [-0.2, 0) is 9.59 Å². The van der Waals surface area contributed by atoms with Crippen molar-refractivity contribution in [1.29, 1.82) is 0 Å². The second-order valence-electron chi connectivity index (χ2n) is 3.30. The van der Waals surface area contributed by atoms with Gasteiger partial charge in [0.2, 0.25) is 0 Å². The SMILES string of the molecule is Cc1ccc([NH+]2C(=O)C=CC2=O)cc1. The maximum absolute atomic E-state index is 11.3. The highest BCUT2D eigenvalue weighted by atomic mass is 16.2. The summed E-state index contributed by atoms with van der Waals surface area (Å²) in [5.41, 5.74) is 1.82. The average molecular weight is 188 g/mol. The van der Waals surface area contributed by atoms with Crippen LogP contribution in [0.5, 0.6) is 0 Å². The number of carbonyl (C=O) groups is 2. The molecule has 1 aromatic carbocycles. The van der Waals surface area contributed by atoms with E-state index < -0.39 is 0 Å². The number of quaternary nitrogens is 1.